The van der Waals surface area contributed by atoms with Gasteiger partial charge in [0.25, 0.3) is 0 Å². The summed E-state index contributed by atoms with van der Waals surface area (Å²) in [6, 6.07) is 9.64. The highest BCUT2D eigenvalue weighted by molar-refractivity contribution is 5.78. The van der Waals surface area contributed by atoms with Crippen molar-refractivity contribution >= 4 is 5.91 Å². The quantitative estimate of drug-likeness (QED) is 0.856. The maximum atomic E-state index is 12.4. The van der Waals surface area contributed by atoms with Gasteiger partial charge in [-0.15, -0.1) is 0 Å². The van der Waals surface area contributed by atoms with Crippen molar-refractivity contribution < 1.29 is 9.90 Å². The molecule has 1 N–H and O–H groups in total. The number of piperazine rings is 1. The van der Waals surface area contributed by atoms with Gasteiger partial charge in [0.05, 0.1) is 30.1 Å². The molecule has 0 spiro atoms. The molecular weight excluding hydrogens is 306 g/mol. The largest absolute Gasteiger partial charge is 0.392 e. The van der Waals surface area contributed by atoms with Crippen LogP contribution >= 0.6 is 0 Å². The molecule has 0 bridgehead atoms. The number of rotatable bonds is 5. The van der Waals surface area contributed by atoms with Gasteiger partial charge in [-0.2, -0.15) is 15.0 Å². The summed E-state index contributed by atoms with van der Waals surface area (Å²) in [6.07, 6.45) is 1.58. The first-order chi connectivity index (χ1) is 11.6. The number of para-hydroxylation sites is 1. The van der Waals surface area contributed by atoms with Crippen LogP contribution in [0.1, 0.15) is 12.6 Å². The van der Waals surface area contributed by atoms with Crippen molar-refractivity contribution in [3.8, 4) is 5.69 Å². The van der Waals surface area contributed by atoms with Gasteiger partial charge in [0.1, 0.15) is 0 Å². The molecule has 2 aromatic rings. The highest BCUT2D eigenvalue weighted by Gasteiger charge is 2.22. The molecule has 1 fully saturated rings. The first-order valence-corrected chi connectivity index (χ1v) is 8.26. The lowest BCUT2D eigenvalue weighted by molar-refractivity contribution is -0.132. The number of amides is 1. The van der Waals surface area contributed by atoms with Crippen molar-refractivity contribution in [1.82, 2.24) is 24.8 Å². The third-order valence-corrected chi connectivity index (χ3v) is 4.11. The molecule has 1 aliphatic heterocycles. The number of β-amino-alcohol motifs (C(OH)–C–C–N with tert-alkyl or cyclic N) is 1. The summed E-state index contributed by atoms with van der Waals surface area (Å²) in [5, 5.41) is 18.0. The first kappa shape index (κ1) is 16.6. The molecule has 7 heteroatoms. The van der Waals surface area contributed by atoms with Crippen LogP contribution in [-0.4, -0.2) is 74.6 Å². The number of benzene rings is 1. The van der Waals surface area contributed by atoms with Crippen molar-refractivity contribution in [3.05, 3.63) is 42.2 Å². The zero-order valence-electron chi connectivity index (χ0n) is 13.9. The molecule has 1 saturated heterocycles. The lowest BCUT2D eigenvalue weighted by atomic mass is 10.2. The number of aliphatic hydroxyl groups is 1. The zero-order chi connectivity index (χ0) is 16.9. The molecular formula is C17H23N5O2. The standard InChI is InChI=1S/C17H23N5O2/c1-14(23)13-20-7-9-21(10-8-20)17(24)11-15-12-18-22(19-15)16-5-3-2-4-6-16/h2-6,12,14,23H,7-11,13H2,1H3/t14-/m1/s1. The van der Waals surface area contributed by atoms with Crippen LogP contribution in [0.4, 0.5) is 0 Å². The van der Waals surface area contributed by atoms with E-state index in [1.54, 1.807) is 17.9 Å². The van der Waals surface area contributed by atoms with E-state index in [-0.39, 0.29) is 18.4 Å². The van der Waals surface area contributed by atoms with E-state index in [0.717, 1.165) is 18.8 Å². The molecule has 1 atom stereocenters. The van der Waals surface area contributed by atoms with Crippen molar-refractivity contribution in [3.63, 3.8) is 0 Å². The predicted octanol–water partition coefficient (Wildman–Crippen LogP) is 0.335. The van der Waals surface area contributed by atoms with Crippen LogP contribution in [-0.2, 0) is 11.2 Å². The second kappa shape index (κ2) is 7.55. The summed E-state index contributed by atoms with van der Waals surface area (Å²) in [5.74, 6) is 0.0757. The third-order valence-electron chi connectivity index (χ3n) is 4.11. The van der Waals surface area contributed by atoms with Crippen LogP contribution in [0, 0.1) is 0 Å². The Morgan fingerprint density at radius 2 is 1.92 bits per heavy atom. The van der Waals surface area contributed by atoms with Gasteiger partial charge in [-0.3, -0.25) is 9.69 Å². The van der Waals surface area contributed by atoms with E-state index in [0.29, 0.717) is 25.3 Å². The van der Waals surface area contributed by atoms with Gasteiger partial charge in [0, 0.05) is 32.7 Å². The highest BCUT2D eigenvalue weighted by Crippen LogP contribution is 2.08. The van der Waals surface area contributed by atoms with Crippen LogP contribution < -0.4 is 0 Å². The fraction of sp³-hybridized carbons (Fsp3) is 0.471. The number of hydrogen-bond donors (Lipinski definition) is 1. The Hall–Kier alpha value is -2.25. The van der Waals surface area contributed by atoms with E-state index in [9.17, 15) is 9.90 Å². The smallest absolute Gasteiger partial charge is 0.228 e. The van der Waals surface area contributed by atoms with Gasteiger partial charge in [-0.25, -0.2) is 0 Å². The van der Waals surface area contributed by atoms with Crippen molar-refractivity contribution in [2.75, 3.05) is 32.7 Å². The van der Waals surface area contributed by atoms with E-state index in [4.69, 9.17) is 0 Å². The number of nitrogens with zero attached hydrogens (tertiary/aromatic N) is 5. The van der Waals surface area contributed by atoms with Gasteiger partial charge in [-0.05, 0) is 19.1 Å². The van der Waals surface area contributed by atoms with Crippen LogP contribution in [0.25, 0.3) is 5.69 Å². The second-order valence-electron chi connectivity index (χ2n) is 6.17. The topological polar surface area (TPSA) is 74.5 Å². The van der Waals surface area contributed by atoms with E-state index in [1.807, 2.05) is 35.2 Å². The SMILES string of the molecule is C[C@@H](O)CN1CCN(C(=O)Cc2cnn(-c3ccccc3)n2)CC1. The summed E-state index contributed by atoms with van der Waals surface area (Å²) in [5.41, 5.74) is 1.55. The Balaban J connectivity index is 1.54. The Kier molecular flexibility index (Phi) is 5.22. The molecule has 1 aromatic heterocycles. The molecule has 1 aromatic carbocycles. The lowest BCUT2D eigenvalue weighted by Crippen LogP contribution is -2.50. The normalized spacial score (nSPS) is 17.0. The molecule has 0 saturated carbocycles. The van der Waals surface area contributed by atoms with Crippen LogP contribution in [0.5, 0.6) is 0 Å². The van der Waals surface area contributed by atoms with Crippen LogP contribution in [0.15, 0.2) is 36.5 Å². The second-order valence-corrected chi connectivity index (χ2v) is 6.17. The number of carbonyl (C=O) groups excluding carboxylic acids is 1. The van der Waals surface area contributed by atoms with Crippen molar-refractivity contribution in [2.45, 2.75) is 19.4 Å². The number of hydrogen-bond acceptors (Lipinski definition) is 5. The Bertz CT molecular complexity index is 663. The Morgan fingerprint density at radius 3 is 2.58 bits per heavy atom. The van der Waals surface area contributed by atoms with Crippen LogP contribution in [0.2, 0.25) is 0 Å². The van der Waals surface area contributed by atoms with Gasteiger partial charge in [0.15, 0.2) is 0 Å². The number of aliphatic hydroxyl groups excluding tert-OH is 1. The van der Waals surface area contributed by atoms with Gasteiger partial charge in [-0.1, -0.05) is 18.2 Å². The predicted molar refractivity (Wildman–Crippen MR) is 89.8 cm³/mol. The fourth-order valence-electron chi connectivity index (χ4n) is 2.88. The fourth-order valence-corrected chi connectivity index (χ4v) is 2.88. The zero-order valence-corrected chi connectivity index (χ0v) is 13.9. The molecule has 2 heterocycles. The molecule has 0 aliphatic carbocycles. The molecule has 3 rings (SSSR count). The summed E-state index contributed by atoms with van der Waals surface area (Å²) in [4.78, 5) is 18.0. The van der Waals surface area contributed by atoms with Crippen LogP contribution in [0.3, 0.4) is 0 Å². The monoisotopic (exact) mass is 329 g/mol. The minimum Gasteiger partial charge on any atom is -0.392 e. The molecule has 0 radical (unpaired) electrons. The average molecular weight is 329 g/mol. The highest BCUT2D eigenvalue weighted by atomic mass is 16.3. The minimum absolute atomic E-state index is 0.0757. The van der Waals surface area contributed by atoms with E-state index in [1.165, 1.54) is 0 Å². The minimum atomic E-state index is -0.333. The summed E-state index contributed by atoms with van der Waals surface area (Å²) >= 11 is 0. The molecule has 1 aliphatic rings. The Morgan fingerprint density at radius 1 is 1.21 bits per heavy atom. The summed E-state index contributed by atoms with van der Waals surface area (Å²) < 4.78 is 0. The molecule has 7 nitrogen and oxygen atoms in total. The van der Waals surface area contributed by atoms with Gasteiger partial charge >= 0.3 is 0 Å². The van der Waals surface area contributed by atoms with E-state index < -0.39 is 0 Å². The van der Waals surface area contributed by atoms with E-state index >= 15 is 0 Å². The number of carbonyl (C=O) groups is 1. The molecule has 128 valence electrons. The van der Waals surface area contributed by atoms with Gasteiger partial charge in [0.2, 0.25) is 5.91 Å². The van der Waals surface area contributed by atoms with Crippen molar-refractivity contribution in [1.29, 1.82) is 0 Å². The molecule has 0 unspecified atom stereocenters. The average Bonchev–Trinajstić information content (AvgIpc) is 3.04. The summed E-state index contributed by atoms with van der Waals surface area (Å²) in [7, 11) is 0. The molecule has 1 amide bonds. The van der Waals surface area contributed by atoms with Crippen molar-refractivity contribution in [2.24, 2.45) is 0 Å². The van der Waals surface area contributed by atoms with Gasteiger partial charge < -0.3 is 10.0 Å². The maximum Gasteiger partial charge on any atom is 0.228 e. The lowest BCUT2D eigenvalue weighted by Gasteiger charge is -2.35. The summed E-state index contributed by atoms with van der Waals surface area (Å²) in [6.45, 7) is 5.43. The Labute approximate surface area is 141 Å². The van der Waals surface area contributed by atoms with E-state index in [2.05, 4.69) is 15.1 Å². The first-order valence-electron chi connectivity index (χ1n) is 8.26. The number of aromatic nitrogens is 3. The molecule has 24 heavy (non-hydrogen) atoms. The third kappa shape index (κ3) is 4.18. The maximum absolute atomic E-state index is 12.4.